The summed E-state index contributed by atoms with van der Waals surface area (Å²) in [6, 6.07) is 9.38. The summed E-state index contributed by atoms with van der Waals surface area (Å²) < 4.78 is 72.2. The van der Waals surface area contributed by atoms with E-state index in [9.17, 15) is 38.7 Å². The molecule has 1 amide bonds. The molecule has 23 heteroatoms. The van der Waals surface area contributed by atoms with Crippen molar-refractivity contribution >= 4 is 41.9 Å². The average Bonchev–Trinajstić information content (AvgIpc) is 3.28. The molecule has 2 saturated heterocycles. The van der Waals surface area contributed by atoms with E-state index in [1.807, 2.05) is 30.3 Å². The average molecular weight is 987 g/mol. The molecule has 2 aliphatic rings. The number of ether oxygens (including phenoxy) is 13. The fraction of sp³-hybridized carbons (Fsp3) is 0.717. The van der Waals surface area contributed by atoms with Crippen LogP contribution in [0.2, 0.25) is 0 Å². The van der Waals surface area contributed by atoms with Crippen LogP contribution >= 0.6 is 0 Å². The predicted octanol–water partition coefficient (Wildman–Crippen LogP) is 2.64. The number of alkyl carbamates (subject to hydrolysis) is 1. The molecule has 3 N–H and O–H groups in total. The molecule has 0 spiro atoms. The van der Waals surface area contributed by atoms with Crippen LogP contribution in [0.5, 0.6) is 0 Å². The van der Waals surface area contributed by atoms with Gasteiger partial charge in [0.05, 0.1) is 13.2 Å². The molecule has 10 atom stereocenters. The Kier molecular flexibility index (Phi) is 27.7. The van der Waals surface area contributed by atoms with E-state index in [1.165, 1.54) is 41.5 Å². The zero-order valence-corrected chi connectivity index (χ0v) is 40.3. The zero-order chi connectivity index (χ0) is 50.6. The van der Waals surface area contributed by atoms with Crippen LogP contribution in [0.15, 0.2) is 30.3 Å². The number of nitrogens with one attached hydrogen (secondary N) is 2. The van der Waals surface area contributed by atoms with Crippen molar-refractivity contribution in [1.82, 2.24) is 10.6 Å². The smallest absolute Gasteiger partial charge is 0.407 e. The number of unbranched alkanes of at least 4 members (excludes halogenated alkanes) is 4. The van der Waals surface area contributed by atoms with E-state index in [4.69, 9.17) is 61.6 Å². The Morgan fingerprint density at radius 2 is 1.09 bits per heavy atom. The first-order valence-electron chi connectivity index (χ1n) is 23.1. The summed E-state index contributed by atoms with van der Waals surface area (Å²) in [5.74, 6) is -3.53. The molecule has 69 heavy (non-hydrogen) atoms. The second-order valence-corrected chi connectivity index (χ2v) is 16.2. The minimum atomic E-state index is -1.34. The van der Waals surface area contributed by atoms with Gasteiger partial charge in [-0.1, -0.05) is 30.3 Å². The van der Waals surface area contributed by atoms with Gasteiger partial charge in [-0.3, -0.25) is 34.1 Å². The van der Waals surface area contributed by atoms with Crippen LogP contribution in [0.4, 0.5) is 4.79 Å². The Hall–Kier alpha value is -5.01. The van der Waals surface area contributed by atoms with Gasteiger partial charge >= 0.3 is 41.9 Å². The maximum atomic E-state index is 12.6. The lowest BCUT2D eigenvalue weighted by atomic mass is 10.0. The lowest BCUT2D eigenvalue weighted by molar-refractivity contribution is -0.266. The molecule has 2 heterocycles. The van der Waals surface area contributed by atoms with Gasteiger partial charge in [-0.15, -0.1) is 0 Å². The van der Waals surface area contributed by atoms with Crippen molar-refractivity contribution in [2.75, 3.05) is 52.7 Å². The molecule has 0 saturated carbocycles. The second kappa shape index (κ2) is 32.7. The highest BCUT2D eigenvalue weighted by atomic mass is 16.7. The molecule has 1 aromatic rings. The molecule has 0 radical (unpaired) electrons. The van der Waals surface area contributed by atoms with Gasteiger partial charge in [-0.25, -0.2) is 4.79 Å². The standard InChI is InChI=1S/C46H70N2O21/c1-29(49)59-27-39-43(66-33(5)53)37(64-31(3)51)22-41(68-39)57-20-14-8-12-18-47-45(55)62-25-36(61-24-35-16-10-7-11-17-35)26-63-46(56)48-19-13-9-15-21-58-42-23-38(65-32(4)52)44(67-34(6)54)40(69-42)28-60-30(2)50/h7,10-11,16-17,36-45,47,55H,8-9,12-15,18-28H2,1-6H3,(H,48,56)/t36?,37-,38-,39?,40?,41-,42-,43-,44-,45?/m1/s1. The summed E-state index contributed by atoms with van der Waals surface area (Å²) in [4.78, 5) is 82.6. The minimum Gasteiger partial charge on any atom is -0.463 e. The molecule has 23 nitrogen and oxygen atoms in total. The Labute approximate surface area is 402 Å². The van der Waals surface area contributed by atoms with Gasteiger partial charge in [0, 0.05) is 74.1 Å². The van der Waals surface area contributed by atoms with Gasteiger partial charge in [0.1, 0.15) is 50.3 Å². The summed E-state index contributed by atoms with van der Waals surface area (Å²) >= 11 is 0. The van der Waals surface area contributed by atoms with Crippen LogP contribution in [0.3, 0.4) is 0 Å². The maximum absolute atomic E-state index is 12.6. The molecule has 0 aromatic heterocycles. The van der Waals surface area contributed by atoms with Crippen LogP contribution in [0.25, 0.3) is 0 Å². The molecule has 3 rings (SSSR count). The van der Waals surface area contributed by atoms with Gasteiger partial charge in [-0.05, 0) is 50.6 Å². The van der Waals surface area contributed by atoms with Crippen LogP contribution in [0, 0.1) is 0 Å². The topological polar surface area (TPSA) is 284 Å². The highest BCUT2D eigenvalue weighted by Crippen LogP contribution is 2.29. The molecule has 0 aliphatic carbocycles. The summed E-state index contributed by atoms with van der Waals surface area (Å²) in [6.07, 6.45) is -5.98. The van der Waals surface area contributed by atoms with Crippen LogP contribution < -0.4 is 10.6 Å². The van der Waals surface area contributed by atoms with E-state index >= 15 is 0 Å². The Bertz CT molecular complexity index is 1720. The van der Waals surface area contributed by atoms with Crippen molar-refractivity contribution in [2.24, 2.45) is 0 Å². The summed E-state index contributed by atoms with van der Waals surface area (Å²) in [5, 5.41) is 16.1. The molecule has 0 bridgehead atoms. The number of hydrogen-bond acceptors (Lipinski definition) is 22. The quantitative estimate of drug-likeness (QED) is 0.0417. The van der Waals surface area contributed by atoms with E-state index in [2.05, 4.69) is 10.6 Å². The van der Waals surface area contributed by atoms with E-state index in [0.29, 0.717) is 51.6 Å². The van der Waals surface area contributed by atoms with Crippen molar-refractivity contribution < 1.29 is 100 Å². The predicted molar refractivity (Wildman–Crippen MR) is 236 cm³/mol. The Morgan fingerprint density at radius 3 is 1.57 bits per heavy atom. The number of hydrogen-bond donors (Lipinski definition) is 3. The van der Waals surface area contributed by atoms with E-state index in [1.54, 1.807) is 0 Å². The van der Waals surface area contributed by atoms with Crippen molar-refractivity contribution in [3.05, 3.63) is 35.9 Å². The molecule has 4 unspecified atom stereocenters. The Morgan fingerprint density at radius 1 is 0.594 bits per heavy atom. The fourth-order valence-corrected chi connectivity index (χ4v) is 7.07. The lowest BCUT2D eigenvalue weighted by Crippen LogP contribution is -2.54. The lowest BCUT2D eigenvalue weighted by Gasteiger charge is -2.39. The monoisotopic (exact) mass is 986 g/mol. The number of esters is 6. The Balaban J connectivity index is 1.35. The molecule has 1 aromatic carbocycles. The highest BCUT2D eigenvalue weighted by molar-refractivity contribution is 5.69. The van der Waals surface area contributed by atoms with E-state index in [0.717, 1.165) is 5.56 Å². The van der Waals surface area contributed by atoms with Gasteiger partial charge in [0.2, 0.25) is 6.41 Å². The second-order valence-electron chi connectivity index (χ2n) is 16.2. The van der Waals surface area contributed by atoms with E-state index in [-0.39, 0.29) is 59.1 Å². The van der Waals surface area contributed by atoms with Crippen molar-refractivity contribution in [2.45, 2.75) is 161 Å². The van der Waals surface area contributed by atoms with Crippen molar-refractivity contribution in [3.63, 3.8) is 0 Å². The number of amides is 1. The normalized spacial score (nSPS) is 23.1. The number of carbonyl (C=O) groups is 7. The number of rotatable bonds is 31. The third-order valence-electron chi connectivity index (χ3n) is 10.1. The fourth-order valence-electron chi connectivity index (χ4n) is 7.07. The molecular weight excluding hydrogens is 916 g/mol. The molecule has 2 aliphatic heterocycles. The number of benzene rings is 1. The van der Waals surface area contributed by atoms with Crippen LogP contribution in [-0.4, -0.2) is 161 Å². The molecular formula is C46H70N2O21. The number of aliphatic hydroxyl groups excluding tert-OH is 1. The minimum absolute atomic E-state index is 0.0882. The number of carbonyl (C=O) groups excluding carboxylic acids is 7. The van der Waals surface area contributed by atoms with Crippen molar-refractivity contribution in [1.29, 1.82) is 0 Å². The highest BCUT2D eigenvalue weighted by Gasteiger charge is 2.45. The summed E-state index contributed by atoms with van der Waals surface area (Å²) in [7, 11) is 0. The molecule has 2 fully saturated rings. The number of aliphatic hydroxyl groups is 1. The third-order valence-corrected chi connectivity index (χ3v) is 10.1. The van der Waals surface area contributed by atoms with Crippen LogP contribution in [0.1, 0.15) is 98.5 Å². The van der Waals surface area contributed by atoms with Gasteiger partial charge in [0.25, 0.3) is 0 Å². The van der Waals surface area contributed by atoms with Gasteiger partial charge in [0.15, 0.2) is 24.8 Å². The first-order valence-corrected chi connectivity index (χ1v) is 23.1. The first-order chi connectivity index (χ1) is 33.0. The summed E-state index contributed by atoms with van der Waals surface area (Å²) in [5.41, 5.74) is 0.887. The maximum Gasteiger partial charge on any atom is 0.407 e. The SMILES string of the molecule is CC(=O)OCC1O[C@@H](OCCCCCNC(=O)OCC(COC(O)NCCCCCO[C@H]2C[C@@H](OC(C)=O)[C@@H](OC(C)=O)C(COC(C)=O)O2)OCc2ccccc2)C[C@@H](OC(C)=O)[C@H]1OC(C)=O. The largest absolute Gasteiger partial charge is 0.463 e. The van der Waals surface area contributed by atoms with Gasteiger partial charge in [-0.2, -0.15) is 0 Å². The first kappa shape index (κ1) is 58.3. The molecule has 390 valence electrons. The van der Waals surface area contributed by atoms with Crippen LogP contribution in [-0.2, 0) is 97.0 Å². The van der Waals surface area contributed by atoms with E-state index < -0.39 is 104 Å². The summed E-state index contributed by atoms with van der Waals surface area (Å²) in [6.45, 7) is 8.05. The van der Waals surface area contributed by atoms with Gasteiger partial charge < -0.3 is 72.0 Å². The van der Waals surface area contributed by atoms with Crippen molar-refractivity contribution in [3.8, 4) is 0 Å². The zero-order valence-electron chi connectivity index (χ0n) is 40.3. The third kappa shape index (κ3) is 25.4.